The van der Waals surface area contributed by atoms with Crippen LogP contribution in [0.2, 0.25) is 0 Å². The summed E-state index contributed by atoms with van der Waals surface area (Å²) in [6.45, 7) is 0.865. The summed E-state index contributed by atoms with van der Waals surface area (Å²) >= 11 is 0. The molecule has 1 aliphatic rings. The van der Waals surface area contributed by atoms with E-state index in [-0.39, 0.29) is 24.7 Å². The Morgan fingerprint density at radius 2 is 2.23 bits per heavy atom. The summed E-state index contributed by atoms with van der Waals surface area (Å²) in [5.41, 5.74) is 1.74. The van der Waals surface area contributed by atoms with Crippen LogP contribution in [0.25, 0.3) is 11.3 Å². The van der Waals surface area contributed by atoms with Crippen LogP contribution >= 0.6 is 0 Å². The van der Waals surface area contributed by atoms with Crippen LogP contribution in [-0.2, 0) is 16.1 Å². The van der Waals surface area contributed by atoms with Crippen molar-refractivity contribution in [3.63, 3.8) is 0 Å². The van der Waals surface area contributed by atoms with Gasteiger partial charge in [-0.2, -0.15) is 0 Å². The fourth-order valence-corrected chi connectivity index (χ4v) is 3.65. The number of methoxy groups -OCH3 is 1. The number of likely N-dealkylation sites (N-methyl/N-ethyl adjacent to an activating group) is 1. The smallest absolute Gasteiger partial charge is 0.234 e. The Hall–Kier alpha value is -2.49. The van der Waals surface area contributed by atoms with Crippen molar-refractivity contribution in [2.24, 2.45) is 0 Å². The van der Waals surface area contributed by atoms with E-state index in [9.17, 15) is 9.90 Å². The van der Waals surface area contributed by atoms with E-state index in [1.165, 1.54) is 0 Å². The zero-order valence-electron chi connectivity index (χ0n) is 17.8. The van der Waals surface area contributed by atoms with Gasteiger partial charge in [0.25, 0.3) is 0 Å². The van der Waals surface area contributed by atoms with E-state index in [0.717, 1.165) is 36.3 Å². The SMILES string of the molecule is COc1cccc(-c2cn(CC[C@H]3CC[C@@H](NC(=O)CN(C)C)[C@H](CO)O3)nn2)c1. The predicted molar refractivity (Wildman–Crippen MR) is 112 cm³/mol. The maximum absolute atomic E-state index is 12.0. The molecule has 1 aromatic heterocycles. The van der Waals surface area contributed by atoms with Crippen LogP contribution < -0.4 is 10.1 Å². The van der Waals surface area contributed by atoms with Gasteiger partial charge in [-0.05, 0) is 45.5 Å². The number of nitrogens with zero attached hydrogens (tertiary/aromatic N) is 4. The monoisotopic (exact) mass is 417 g/mol. The van der Waals surface area contributed by atoms with E-state index in [1.54, 1.807) is 11.8 Å². The molecule has 9 heteroatoms. The van der Waals surface area contributed by atoms with Crippen molar-refractivity contribution in [3.8, 4) is 17.0 Å². The van der Waals surface area contributed by atoms with Gasteiger partial charge in [0.15, 0.2) is 0 Å². The summed E-state index contributed by atoms with van der Waals surface area (Å²) in [4.78, 5) is 13.8. The van der Waals surface area contributed by atoms with Gasteiger partial charge in [0.05, 0.1) is 38.6 Å². The van der Waals surface area contributed by atoms with E-state index in [2.05, 4.69) is 15.6 Å². The molecule has 1 aromatic carbocycles. The molecule has 0 radical (unpaired) electrons. The lowest BCUT2D eigenvalue weighted by atomic mass is 9.97. The highest BCUT2D eigenvalue weighted by atomic mass is 16.5. The standard InChI is InChI=1S/C21H31N5O4/c1-25(2)13-21(28)22-18-8-7-16(30-20(18)14-27)9-10-26-12-19(23-24-26)15-5-4-6-17(11-15)29-3/h4-6,11-12,16,18,20,27H,7-10,13-14H2,1-3H3,(H,22,28)/t16-,18-,20+/m1/s1. The fourth-order valence-electron chi connectivity index (χ4n) is 3.65. The van der Waals surface area contributed by atoms with Crippen LogP contribution in [0.3, 0.4) is 0 Å². The van der Waals surface area contributed by atoms with Gasteiger partial charge in [-0.25, -0.2) is 0 Å². The molecule has 0 aliphatic carbocycles. The van der Waals surface area contributed by atoms with Crippen LogP contribution in [0.4, 0.5) is 0 Å². The molecule has 2 aromatic rings. The van der Waals surface area contributed by atoms with Crippen LogP contribution in [0.5, 0.6) is 5.75 Å². The first-order valence-electron chi connectivity index (χ1n) is 10.2. The Balaban J connectivity index is 1.51. The lowest BCUT2D eigenvalue weighted by molar-refractivity contribution is -0.129. The molecule has 164 valence electrons. The first-order chi connectivity index (χ1) is 14.5. The van der Waals surface area contributed by atoms with Crippen molar-refractivity contribution in [2.75, 3.05) is 34.4 Å². The number of rotatable bonds is 9. The van der Waals surface area contributed by atoms with Gasteiger partial charge < -0.3 is 24.8 Å². The minimum atomic E-state index is -0.391. The maximum atomic E-state index is 12.0. The number of hydrogen-bond donors (Lipinski definition) is 2. The van der Waals surface area contributed by atoms with Crippen molar-refractivity contribution < 1.29 is 19.4 Å². The highest BCUT2D eigenvalue weighted by molar-refractivity contribution is 5.78. The number of nitrogens with one attached hydrogen (secondary N) is 1. The molecule has 3 rings (SSSR count). The molecule has 0 saturated carbocycles. The molecule has 3 atom stereocenters. The number of hydrogen-bond acceptors (Lipinski definition) is 7. The van der Waals surface area contributed by atoms with E-state index < -0.39 is 6.10 Å². The summed E-state index contributed by atoms with van der Waals surface area (Å²) in [7, 11) is 5.33. The van der Waals surface area contributed by atoms with Crippen LogP contribution in [0, 0.1) is 0 Å². The van der Waals surface area contributed by atoms with Gasteiger partial charge in [0.2, 0.25) is 5.91 Å². The van der Waals surface area contributed by atoms with E-state index in [1.807, 2.05) is 49.5 Å². The normalized spacial score (nSPS) is 21.6. The number of benzene rings is 1. The van der Waals surface area contributed by atoms with Gasteiger partial charge in [-0.15, -0.1) is 5.10 Å². The third-order valence-corrected chi connectivity index (χ3v) is 5.19. The van der Waals surface area contributed by atoms with Crippen molar-refractivity contribution in [1.29, 1.82) is 0 Å². The molecule has 1 amide bonds. The molecule has 0 unspecified atom stereocenters. The van der Waals surface area contributed by atoms with Gasteiger partial charge in [-0.1, -0.05) is 17.3 Å². The summed E-state index contributed by atoms with van der Waals surface area (Å²) in [6, 6.07) is 7.55. The second-order valence-corrected chi connectivity index (χ2v) is 7.86. The topological polar surface area (TPSA) is 102 Å². The third-order valence-electron chi connectivity index (χ3n) is 5.19. The van der Waals surface area contributed by atoms with Crippen LogP contribution in [-0.4, -0.2) is 83.5 Å². The lowest BCUT2D eigenvalue weighted by Crippen LogP contribution is -2.52. The molecule has 1 aliphatic heterocycles. The van der Waals surface area contributed by atoms with Crippen molar-refractivity contribution >= 4 is 5.91 Å². The number of carbonyl (C=O) groups is 1. The number of aromatic nitrogens is 3. The molecular formula is C21H31N5O4. The minimum Gasteiger partial charge on any atom is -0.497 e. The molecule has 1 fully saturated rings. The Labute approximate surface area is 177 Å². The second-order valence-electron chi connectivity index (χ2n) is 7.86. The largest absolute Gasteiger partial charge is 0.497 e. The van der Waals surface area contributed by atoms with E-state index in [4.69, 9.17) is 9.47 Å². The fraction of sp³-hybridized carbons (Fsp3) is 0.571. The van der Waals surface area contributed by atoms with Crippen molar-refractivity contribution in [1.82, 2.24) is 25.2 Å². The summed E-state index contributed by atoms with van der Waals surface area (Å²) in [5.74, 6) is 0.720. The molecule has 30 heavy (non-hydrogen) atoms. The molecule has 0 bridgehead atoms. The van der Waals surface area contributed by atoms with Gasteiger partial charge in [0.1, 0.15) is 17.5 Å². The predicted octanol–water partition coefficient (Wildman–Crippen LogP) is 0.930. The minimum absolute atomic E-state index is 0.00798. The maximum Gasteiger partial charge on any atom is 0.234 e. The van der Waals surface area contributed by atoms with E-state index >= 15 is 0 Å². The number of aryl methyl sites for hydroxylation is 1. The summed E-state index contributed by atoms with van der Waals surface area (Å²) < 4.78 is 13.1. The van der Waals surface area contributed by atoms with Gasteiger partial charge >= 0.3 is 0 Å². The van der Waals surface area contributed by atoms with Gasteiger partial charge in [0, 0.05) is 12.1 Å². The molecule has 2 N–H and O–H groups in total. The quantitative estimate of drug-likeness (QED) is 0.626. The zero-order chi connectivity index (χ0) is 21.5. The number of amides is 1. The lowest BCUT2D eigenvalue weighted by Gasteiger charge is -2.36. The Kier molecular flexibility index (Phi) is 7.78. The van der Waals surface area contributed by atoms with Crippen LogP contribution in [0.1, 0.15) is 19.3 Å². The molecule has 2 heterocycles. The number of aliphatic hydroxyl groups excluding tert-OH is 1. The van der Waals surface area contributed by atoms with E-state index in [0.29, 0.717) is 13.1 Å². The molecule has 9 nitrogen and oxygen atoms in total. The molecule has 0 spiro atoms. The summed E-state index contributed by atoms with van der Waals surface area (Å²) in [5, 5.41) is 21.1. The molecule has 1 saturated heterocycles. The first-order valence-corrected chi connectivity index (χ1v) is 10.2. The van der Waals surface area contributed by atoms with Gasteiger partial charge in [-0.3, -0.25) is 9.48 Å². The Morgan fingerprint density at radius 3 is 2.97 bits per heavy atom. The first kappa shape index (κ1) is 22.2. The third kappa shape index (κ3) is 6.01. The van der Waals surface area contributed by atoms with Crippen LogP contribution in [0.15, 0.2) is 30.5 Å². The van der Waals surface area contributed by atoms with Crippen molar-refractivity contribution in [3.05, 3.63) is 30.5 Å². The average Bonchev–Trinajstić information content (AvgIpc) is 3.21. The zero-order valence-corrected chi connectivity index (χ0v) is 17.8. The number of carbonyl (C=O) groups excluding carboxylic acids is 1. The Morgan fingerprint density at radius 1 is 1.40 bits per heavy atom. The Bertz CT molecular complexity index is 825. The highest BCUT2D eigenvalue weighted by Gasteiger charge is 2.31. The summed E-state index contributed by atoms with van der Waals surface area (Å²) in [6.07, 6.45) is 3.88. The average molecular weight is 418 g/mol. The second kappa shape index (κ2) is 10.5. The highest BCUT2D eigenvalue weighted by Crippen LogP contribution is 2.24. The molecular weight excluding hydrogens is 386 g/mol. The van der Waals surface area contributed by atoms with Crippen molar-refractivity contribution in [2.45, 2.75) is 44.1 Å². The number of aliphatic hydroxyl groups is 1. The number of ether oxygens (including phenoxy) is 2.